The van der Waals surface area contributed by atoms with E-state index in [1.165, 1.54) is 0 Å². The SMILES string of the molecule is CCOC(=O)C1(C(=O)OCC)O[C@H](C)C=C[C@@H]1C. The standard InChI is InChI=1S/C13H20O5/c1-5-16-11(14)13(12(15)17-6-2)9(3)7-8-10(4)18-13/h7-10H,5-6H2,1-4H3/t9-,10+/m0/s1. The normalized spacial score (nSPS) is 25.6. The lowest BCUT2D eigenvalue weighted by molar-refractivity contribution is -0.201. The fourth-order valence-corrected chi connectivity index (χ4v) is 1.93. The van der Waals surface area contributed by atoms with Crippen LogP contribution in [0.3, 0.4) is 0 Å². The minimum atomic E-state index is -1.68. The quantitative estimate of drug-likeness (QED) is 0.433. The minimum absolute atomic E-state index is 0.189. The van der Waals surface area contributed by atoms with Gasteiger partial charge in [-0.05, 0) is 20.8 Å². The summed E-state index contributed by atoms with van der Waals surface area (Å²) in [4.78, 5) is 24.2. The van der Waals surface area contributed by atoms with Gasteiger partial charge in [-0.2, -0.15) is 0 Å². The van der Waals surface area contributed by atoms with Crippen LogP contribution in [0.2, 0.25) is 0 Å². The van der Waals surface area contributed by atoms with E-state index < -0.39 is 23.5 Å². The zero-order valence-corrected chi connectivity index (χ0v) is 11.3. The van der Waals surface area contributed by atoms with E-state index in [4.69, 9.17) is 14.2 Å². The summed E-state index contributed by atoms with van der Waals surface area (Å²) >= 11 is 0. The highest BCUT2D eigenvalue weighted by atomic mass is 16.6. The first-order valence-corrected chi connectivity index (χ1v) is 6.19. The number of esters is 2. The first-order chi connectivity index (χ1) is 8.48. The van der Waals surface area contributed by atoms with Crippen LogP contribution in [-0.2, 0) is 23.8 Å². The molecule has 0 saturated heterocycles. The zero-order valence-electron chi connectivity index (χ0n) is 11.3. The summed E-state index contributed by atoms with van der Waals surface area (Å²) in [6.07, 6.45) is 3.25. The molecule has 18 heavy (non-hydrogen) atoms. The molecule has 0 radical (unpaired) electrons. The number of hydrogen-bond donors (Lipinski definition) is 0. The molecule has 1 rings (SSSR count). The van der Waals surface area contributed by atoms with E-state index in [9.17, 15) is 9.59 Å². The highest BCUT2D eigenvalue weighted by molar-refractivity contribution is 6.04. The Bertz CT molecular complexity index is 329. The maximum Gasteiger partial charge on any atom is 0.350 e. The van der Waals surface area contributed by atoms with Crippen molar-refractivity contribution >= 4 is 11.9 Å². The Morgan fingerprint density at radius 3 is 2.06 bits per heavy atom. The molecular formula is C13H20O5. The van der Waals surface area contributed by atoms with Gasteiger partial charge in [0.1, 0.15) is 0 Å². The van der Waals surface area contributed by atoms with E-state index in [2.05, 4.69) is 0 Å². The molecule has 0 aliphatic carbocycles. The van der Waals surface area contributed by atoms with Gasteiger partial charge in [-0.3, -0.25) is 0 Å². The first kappa shape index (κ1) is 14.7. The predicted octanol–water partition coefficient (Wildman–Crippen LogP) is 1.46. The molecule has 1 aliphatic heterocycles. The molecule has 5 heteroatoms. The van der Waals surface area contributed by atoms with Crippen molar-refractivity contribution in [3.05, 3.63) is 12.2 Å². The Hall–Kier alpha value is -1.36. The van der Waals surface area contributed by atoms with Crippen LogP contribution in [0, 0.1) is 5.92 Å². The van der Waals surface area contributed by atoms with Crippen molar-refractivity contribution in [2.45, 2.75) is 39.4 Å². The molecule has 0 aromatic rings. The Kier molecular flexibility index (Phi) is 4.90. The van der Waals surface area contributed by atoms with Gasteiger partial charge < -0.3 is 14.2 Å². The van der Waals surface area contributed by atoms with Crippen molar-refractivity contribution in [2.75, 3.05) is 13.2 Å². The third-order valence-corrected chi connectivity index (χ3v) is 2.84. The van der Waals surface area contributed by atoms with Crippen molar-refractivity contribution in [1.82, 2.24) is 0 Å². The molecule has 0 amide bonds. The molecule has 0 fully saturated rings. The second-order valence-electron chi connectivity index (χ2n) is 4.17. The predicted molar refractivity (Wildman–Crippen MR) is 64.8 cm³/mol. The average molecular weight is 256 g/mol. The maximum absolute atomic E-state index is 12.1. The molecular weight excluding hydrogens is 236 g/mol. The summed E-state index contributed by atoms with van der Waals surface area (Å²) in [6, 6.07) is 0. The molecule has 0 aromatic heterocycles. The minimum Gasteiger partial charge on any atom is -0.463 e. The average Bonchev–Trinajstić information content (AvgIpc) is 2.32. The molecule has 0 bridgehead atoms. The van der Waals surface area contributed by atoms with Crippen LogP contribution < -0.4 is 0 Å². The van der Waals surface area contributed by atoms with Crippen LogP contribution in [0.4, 0.5) is 0 Å². The highest BCUT2D eigenvalue weighted by Gasteiger charge is 2.56. The summed E-state index contributed by atoms with van der Waals surface area (Å²) in [5, 5.41) is 0. The van der Waals surface area contributed by atoms with Crippen LogP contribution >= 0.6 is 0 Å². The fourth-order valence-electron chi connectivity index (χ4n) is 1.93. The lowest BCUT2D eigenvalue weighted by Gasteiger charge is -2.37. The summed E-state index contributed by atoms with van der Waals surface area (Å²) in [6.45, 7) is 7.24. The Morgan fingerprint density at radius 2 is 1.61 bits per heavy atom. The van der Waals surface area contributed by atoms with Crippen molar-refractivity contribution in [3.8, 4) is 0 Å². The number of hydrogen-bond acceptors (Lipinski definition) is 5. The van der Waals surface area contributed by atoms with Crippen LogP contribution in [0.15, 0.2) is 12.2 Å². The van der Waals surface area contributed by atoms with Crippen molar-refractivity contribution in [3.63, 3.8) is 0 Å². The Labute approximate surface area is 107 Å². The summed E-state index contributed by atoms with van der Waals surface area (Å²) in [5.74, 6) is -1.80. The smallest absolute Gasteiger partial charge is 0.350 e. The highest BCUT2D eigenvalue weighted by Crippen LogP contribution is 2.32. The number of carbonyl (C=O) groups excluding carboxylic acids is 2. The van der Waals surface area contributed by atoms with Crippen LogP contribution in [0.5, 0.6) is 0 Å². The Balaban J connectivity index is 3.12. The summed E-state index contributed by atoms with van der Waals surface area (Å²) in [7, 11) is 0. The lowest BCUT2D eigenvalue weighted by Crippen LogP contribution is -2.58. The van der Waals surface area contributed by atoms with E-state index >= 15 is 0 Å². The molecule has 102 valence electrons. The van der Waals surface area contributed by atoms with Gasteiger partial charge >= 0.3 is 11.9 Å². The van der Waals surface area contributed by atoms with Crippen molar-refractivity contribution in [2.24, 2.45) is 5.92 Å². The van der Waals surface area contributed by atoms with Gasteiger partial charge in [0, 0.05) is 5.92 Å². The third-order valence-electron chi connectivity index (χ3n) is 2.84. The largest absolute Gasteiger partial charge is 0.463 e. The molecule has 0 unspecified atom stereocenters. The molecule has 2 atom stereocenters. The van der Waals surface area contributed by atoms with E-state index in [1.807, 2.05) is 0 Å². The van der Waals surface area contributed by atoms with Crippen LogP contribution in [-0.4, -0.2) is 36.9 Å². The van der Waals surface area contributed by atoms with Gasteiger partial charge in [0.05, 0.1) is 19.3 Å². The molecule has 0 aromatic carbocycles. The van der Waals surface area contributed by atoms with Crippen LogP contribution in [0.1, 0.15) is 27.7 Å². The van der Waals surface area contributed by atoms with Gasteiger partial charge in [-0.25, -0.2) is 9.59 Å². The maximum atomic E-state index is 12.1. The molecule has 1 aliphatic rings. The molecule has 0 N–H and O–H groups in total. The molecule has 0 saturated carbocycles. The van der Waals surface area contributed by atoms with E-state index in [1.54, 1.807) is 39.8 Å². The zero-order chi connectivity index (χ0) is 13.8. The van der Waals surface area contributed by atoms with E-state index in [-0.39, 0.29) is 19.3 Å². The van der Waals surface area contributed by atoms with Gasteiger partial charge in [-0.15, -0.1) is 0 Å². The monoisotopic (exact) mass is 256 g/mol. The van der Waals surface area contributed by atoms with Crippen molar-refractivity contribution < 1.29 is 23.8 Å². The second kappa shape index (κ2) is 6.00. The van der Waals surface area contributed by atoms with Gasteiger partial charge in [0.25, 0.3) is 5.60 Å². The van der Waals surface area contributed by atoms with Crippen molar-refractivity contribution in [1.29, 1.82) is 0 Å². The van der Waals surface area contributed by atoms with E-state index in [0.29, 0.717) is 0 Å². The molecule has 0 spiro atoms. The fraction of sp³-hybridized carbons (Fsp3) is 0.692. The third kappa shape index (κ3) is 2.56. The molecule has 1 heterocycles. The number of ether oxygens (including phenoxy) is 3. The van der Waals surface area contributed by atoms with Gasteiger partial charge in [0.2, 0.25) is 0 Å². The van der Waals surface area contributed by atoms with Gasteiger partial charge in [-0.1, -0.05) is 19.1 Å². The van der Waals surface area contributed by atoms with Gasteiger partial charge in [0.15, 0.2) is 0 Å². The van der Waals surface area contributed by atoms with E-state index in [0.717, 1.165) is 0 Å². The second-order valence-corrected chi connectivity index (χ2v) is 4.17. The molecule has 5 nitrogen and oxygen atoms in total. The Morgan fingerprint density at radius 1 is 1.11 bits per heavy atom. The topological polar surface area (TPSA) is 61.8 Å². The lowest BCUT2D eigenvalue weighted by atomic mass is 9.85. The van der Waals surface area contributed by atoms with Crippen LogP contribution in [0.25, 0.3) is 0 Å². The first-order valence-electron chi connectivity index (χ1n) is 6.19. The number of rotatable bonds is 4. The summed E-state index contributed by atoms with van der Waals surface area (Å²) in [5.41, 5.74) is -1.68. The number of carbonyl (C=O) groups is 2. The summed E-state index contributed by atoms with van der Waals surface area (Å²) < 4.78 is 15.5.